The van der Waals surface area contributed by atoms with E-state index in [0.29, 0.717) is 34.9 Å². The number of para-hydroxylation sites is 1. The van der Waals surface area contributed by atoms with E-state index in [1.165, 1.54) is 9.58 Å². The number of anilines is 1. The van der Waals surface area contributed by atoms with Crippen LogP contribution in [0, 0.1) is 6.92 Å². The number of amides is 2. The van der Waals surface area contributed by atoms with Gasteiger partial charge in [-0.25, -0.2) is 4.68 Å². The van der Waals surface area contributed by atoms with E-state index in [2.05, 4.69) is 15.6 Å². The summed E-state index contributed by atoms with van der Waals surface area (Å²) in [6.45, 7) is 7.54. The van der Waals surface area contributed by atoms with Crippen LogP contribution >= 0.6 is 0 Å². The number of rotatable bonds is 9. The normalized spacial score (nSPS) is 12.4. The van der Waals surface area contributed by atoms with E-state index in [1.807, 2.05) is 45.0 Å². The summed E-state index contributed by atoms with van der Waals surface area (Å²) in [5, 5.41) is 11.4. The summed E-state index contributed by atoms with van der Waals surface area (Å²) in [6.07, 6.45) is 0.709. The highest BCUT2D eigenvalue weighted by Crippen LogP contribution is 2.32. The van der Waals surface area contributed by atoms with Gasteiger partial charge in [0.15, 0.2) is 6.04 Å². The molecular weight excluding hydrogens is 458 g/mol. The Labute approximate surface area is 210 Å². The van der Waals surface area contributed by atoms with Crippen LogP contribution in [0.2, 0.25) is 0 Å². The minimum Gasteiger partial charge on any atom is -0.497 e. The highest BCUT2D eigenvalue weighted by molar-refractivity contribution is 6.01. The number of hydrogen-bond donors (Lipinski definition) is 1. The summed E-state index contributed by atoms with van der Waals surface area (Å²) in [5.74, 6) is 0.841. The summed E-state index contributed by atoms with van der Waals surface area (Å²) >= 11 is 0. The number of hydrogen-bond acceptors (Lipinski definition) is 6. The number of benzene rings is 2. The van der Waals surface area contributed by atoms with Crippen molar-refractivity contribution in [3.8, 4) is 5.75 Å². The maximum atomic E-state index is 14.0. The molecule has 0 saturated heterocycles. The first-order chi connectivity index (χ1) is 17.2. The predicted molar refractivity (Wildman–Crippen MR) is 137 cm³/mol. The Morgan fingerprint density at radius 3 is 2.61 bits per heavy atom. The lowest BCUT2D eigenvalue weighted by atomic mass is 10.0. The molecule has 2 heterocycles. The molecule has 1 atom stereocenters. The van der Waals surface area contributed by atoms with Gasteiger partial charge in [0, 0.05) is 17.3 Å². The molecule has 0 aliphatic heterocycles. The van der Waals surface area contributed by atoms with E-state index >= 15 is 0 Å². The van der Waals surface area contributed by atoms with Crippen LogP contribution in [0.4, 0.5) is 5.69 Å². The van der Waals surface area contributed by atoms with Gasteiger partial charge in [0.1, 0.15) is 29.3 Å². The van der Waals surface area contributed by atoms with Crippen LogP contribution in [0.3, 0.4) is 0 Å². The van der Waals surface area contributed by atoms with Crippen molar-refractivity contribution in [1.82, 2.24) is 20.3 Å². The zero-order chi connectivity index (χ0) is 25.9. The predicted octanol–water partition coefficient (Wildman–Crippen LogP) is 4.42. The van der Waals surface area contributed by atoms with Crippen molar-refractivity contribution in [2.24, 2.45) is 0 Å². The lowest BCUT2D eigenvalue weighted by Gasteiger charge is -2.33. The second-order valence-electron chi connectivity index (χ2n) is 9.28. The first-order valence-corrected chi connectivity index (χ1v) is 11.8. The number of aryl methyl sites for hydroxylation is 1. The molecule has 4 rings (SSSR count). The molecular formula is C27H31N5O4. The zero-order valence-corrected chi connectivity index (χ0v) is 21.2. The van der Waals surface area contributed by atoms with Crippen LogP contribution in [0.25, 0.3) is 11.0 Å². The third-order valence-electron chi connectivity index (χ3n) is 6.19. The molecule has 9 heteroatoms. The second kappa shape index (κ2) is 10.2. The van der Waals surface area contributed by atoms with Gasteiger partial charge in [-0.1, -0.05) is 30.3 Å². The topological polar surface area (TPSA) is 102 Å². The Kier molecular flexibility index (Phi) is 7.10. The standard InChI is InChI=1S/C27H31N5O4/c1-6-27(3,4)28-26(34)25(23-15-14-18(2)36-23)32(19-10-9-11-20(16-19)35-5)24(33)17-31-22-13-8-7-12-21(22)29-30-31/h7-16,25H,6,17H2,1-5H3,(H,28,34). The Hall–Kier alpha value is -4.14. The lowest BCUT2D eigenvalue weighted by molar-refractivity contribution is -0.128. The van der Waals surface area contributed by atoms with Crippen molar-refractivity contribution in [1.29, 1.82) is 0 Å². The van der Waals surface area contributed by atoms with E-state index in [4.69, 9.17) is 9.15 Å². The maximum absolute atomic E-state index is 14.0. The number of nitrogens with one attached hydrogen (secondary N) is 1. The van der Waals surface area contributed by atoms with Crippen molar-refractivity contribution in [2.75, 3.05) is 12.0 Å². The average molecular weight is 490 g/mol. The average Bonchev–Trinajstić information content (AvgIpc) is 3.48. The largest absolute Gasteiger partial charge is 0.497 e. The van der Waals surface area contributed by atoms with E-state index in [9.17, 15) is 9.59 Å². The molecule has 2 amide bonds. The summed E-state index contributed by atoms with van der Waals surface area (Å²) in [5.41, 5.74) is 1.41. The number of nitrogens with zero attached hydrogens (tertiary/aromatic N) is 4. The van der Waals surface area contributed by atoms with E-state index in [1.54, 1.807) is 50.4 Å². The first kappa shape index (κ1) is 25.0. The molecule has 1 unspecified atom stereocenters. The first-order valence-electron chi connectivity index (χ1n) is 11.8. The van der Waals surface area contributed by atoms with E-state index in [0.717, 1.165) is 5.52 Å². The summed E-state index contributed by atoms with van der Waals surface area (Å²) < 4.78 is 12.8. The number of carbonyl (C=O) groups is 2. The number of fused-ring (bicyclic) bond motifs is 1. The molecule has 188 valence electrons. The van der Waals surface area contributed by atoms with Gasteiger partial charge in [0.05, 0.1) is 12.6 Å². The molecule has 0 bridgehead atoms. The fourth-order valence-corrected chi connectivity index (χ4v) is 3.90. The second-order valence-corrected chi connectivity index (χ2v) is 9.28. The molecule has 0 radical (unpaired) electrons. The minimum atomic E-state index is -1.06. The Balaban J connectivity index is 1.82. The molecule has 9 nitrogen and oxygen atoms in total. The quantitative estimate of drug-likeness (QED) is 0.373. The Bertz CT molecular complexity index is 1370. The van der Waals surface area contributed by atoms with Crippen molar-refractivity contribution >= 4 is 28.5 Å². The van der Waals surface area contributed by atoms with Gasteiger partial charge in [0.2, 0.25) is 5.91 Å². The van der Waals surface area contributed by atoms with Crippen molar-refractivity contribution in [3.05, 3.63) is 72.2 Å². The van der Waals surface area contributed by atoms with Crippen LogP contribution in [0.5, 0.6) is 5.75 Å². The van der Waals surface area contributed by atoms with Gasteiger partial charge in [-0.15, -0.1) is 5.10 Å². The van der Waals surface area contributed by atoms with Crippen molar-refractivity contribution < 1.29 is 18.7 Å². The molecule has 0 fully saturated rings. The summed E-state index contributed by atoms with van der Waals surface area (Å²) in [7, 11) is 1.55. The van der Waals surface area contributed by atoms with Gasteiger partial charge in [-0.05, 0) is 63.6 Å². The number of furan rings is 1. The van der Waals surface area contributed by atoms with E-state index in [-0.39, 0.29) is 18.4 Å². The fraction of sp³-hybridized carbons (Fsp3) is 0.333. The van der Waals surface area contributed by atoms with Crippen LogP contribution < -0.4 is 15.0 Å². The number of ether oxygens (including phenoxy) is 1. The smallest absolute Gasteiger partial charge is 0.251 e. The Morgan fingerprint density at radius 1 is 1.14 bits per heavy atom. The number of methoxy groups -OCH3 is 1. The summed E-state index contributed by atoms with van der Waals surface area (Å²) in [4.78, 5) is 29.2. The van der Waals surface area contributed by atoms with Gasteiger partial charge in [0.25, 0.3) is 5.91 Å². The molecule has 0 aliphatic rings. The van der Waals surface area contributed by atoms with Gasteiger partial charge in [-0.2, -0.15) is 0 Å². The number of aromatic nitrogens is 3. The number of carbonyl (C=O) groups excluding carboxylic acids is 2. The van der Waals surface area contributed by atoms with Crippen LogP contribution in [-0.4, -0.2) is 39.5 Å². The highest BCUT2D eigenvalue weighted by atomic mass is 16.5. The minimum absolute atomic E-state index is 0.127. The van der Waals surface area contributed by atoms with Crippen molar-refractivity contribution in [2.45, 2.75) is 52.2 Å². The highest BCUT2D eigenvalue weighted by Gasteiger charge is 2.37. The molecule has 0 saturated carbocycles. The third-order valence-corrected chi connectivity index (χ3v) is 6.19. The van der Waals surface area contributed by atoms with Crippen molar-refractivity contribution in [3.63, 3.8) is 0 Å². The molecule has 2 aromatic heterocycles. The monoisotopic (exact) mass is 489 g/mol. The Morgan fingerprint density at radius 2 is 1.92 bits per heavy atom. The van der Waals surface area contributed by atoms with Gasteiger partial charge < -0.3 is 14.5 Å². The van der Waals surface area contributed by atoms with Crippen LogP contribution in [0.1, 0.15) is 44.8 Å². The molecule has 4 aromatic rings. The fourth-order valence-electron chi connectivity index (χ4n) is 3.90. The van der Waals surface area contributed by atoms with Crippen LogP contribution in [0.15, 0.2) is 65.1 Å². The van der Waals surface area contributed by atoms with Gasteiger partial charge >= 0.3 is 0 Å². The van der Waals surface area contributed by atoms with E-state index < -0.39 is 11.6 Å². The molecule has 0 aliphatic carbocycles. The zero-order valence-electron chi connectivity index (χ0n) is 21.2. The molecule has 36 heavy (non-hydrogen) atoms. The van der Waals surface area contributed by atoms with Gasteiger partial charge in [-0.3, -0.25) is 14.5 Å². The molecule has 2 aromatic carbocycles. The maximum Gasteiger partial charge on any atom is 0.251 e. The lowest BCUT2D eigenvalue weighted by Crippen LogP contribution is -2.51. The SMILES string of the molecule is CCC(C)(C)NC(=O)C(c1ccc(C)o1)N(C(=O)Cn1nnc2ccccc21)c1cccc(OC)c1. The van der Waals surface area contributed by atoms with Crippen LogP contribution in [-0.2, 0) is 16.1 Å². The molecule has 0 spiro atoms. The summed E-state index contributed by atoms with van der Waals surface area (Å²) in [6, 6.07) is 16.9. The molecule has 1 N–H and O–H groups in total. The third kappa shape index (κ3) is 5.25.